The van der Waals surface area contributed by atoms with Crippen molar-refractivity contribution in [3.63, 3.8) is 0 Å². The molecule has 4 rings (SSSR count). The fourth-order valence-electron chi connectivity index (χ4n) is 3.62. The summed E-state index contributed by atoms with van der Waals surface area (Å²) in [5.41, 5.74) is 0.952. The van der Waals surface area contributed by atoms with Crippen LogP contribution in [-0.4, -0.2) is 36.8 Å². The second-order valence-electron chi connectivity index (χ2n) is 7.22. The molecule has 1 atom stereocenters. The number of para-hydroxylation sites is 1. The van der Waals surface area contributed by atoms with E-state index in [9.17, 15) is 14.4 Å². The van der Waals surface area contributed by atoms with Gasteiger partial charge in [-0.05, 0) is 37.4 Å². The summed E-state index contributed by atoms with van der Waals surface area (Å²) < 4.78 is 17.7. The molecule has 0 saturated carbocycles. The van der Waals surface area contributed by atoms with Crippen molar-refractivity contribution in [2.45, 2.75) is 19.9 Å². The summed E-state index contributed by atoms with van der Waals surface area (Å²) in [6.45, 7) is 3.29. The molecule has 10 heteroatoms. The van der Waals surface area contributed by atoms with Crippen LogP contribution in [0.4, 0.5) is 0 Å². The van der Waals surface area contributed by atoms with Crippen LogP contribution in [0.3, 0.4) is 0 Å². The molecule has 0 fully saturated rings. The lowest BCUT2D eigenvalue weighted by molar-refractivity contribution is -0.143. The molecule has 1 aliphatic rings. The number of carbonyl (C=O) groups is 2. The van der Waals surface area contributed by atoms with Gasteiger partial charge in [0.25, 0.3) is 5.56 Å². The monoisotopic (exact) mass is 498 g/mol. The quantitative estimate of drug-likeness (QED) is 0.464. The van der Waals surface area contributed by atoms with Gasteiger partial charge in [0.15, 0.2) is 11.4 Å². The number of nitrogens with zero attached hydrogens (tertiary/aromatic N) is 2. The molecule has 1 unspecified atom stereocenters. The highest BCUT2D eigenvalue weighted by Crippen LogP contribution is 2.35. The number of ether oxygens (including phenoxy) is 3. The summed E-state index contributed by atoms with van der Waals surface area (Å²) in [5.74, 6) is -0.765. The van der Waals surface area contributed by atoms with Crippen LogP contribution in [0.1, 0.15) is 30.3 Å². The van der Waals surface area contributed by atoms with E-state index in [0.29, 0.717) is 26.3 Å². The maximum Gasteiger partial charge on any atom is 0.343 e. The molecule has 0 spiro atoms. The van der Waals surface area contributed by atoms with Crippen molar-refractivity contribution in [1.29, 1.82) is 0 Å². The number of allylic oxidation sites excluding steroid dienone is 1. The van der Waals surface area contributed by atoms with E-state index in [1.54, 1.807) is 38.1 Å². The zero-order chi connectivity index (χ0) is 24.2. The molecule has 3 heterocycles. The molecule has 0 aliphatic carbocycles. The van der Waals surface area contributed by atoms with Crippen molar-refractivity contribution in [2.24, 2.45) is 4.99 Å². The van der Waals surface area contributed by atoms with Gasteiger partial charge in [-0.1, -0.05) is 35.6 Å². The Morgan fingerprint density at radius 2 is 2.00 bits per heavy atom. The van der Waals surface area contributed by atoms with E-state index in [0.717, 1.165) is 4.88 Å². The Balaban J connectivity index is 1.93. The molecule has 34 heavy (non-hydrogen) atoms. The number of hydrogen-bond donors (Lipinski definition) is 0. The van der Waals surface area contributed by atoms with E-state index in [4.69, 9.17) is 9.47 Å². The second-order valence-corrected chi connectivity index (χ2v) is 9.21. The maximum atomic E-state index is 13.6. The van der Waals surface area contributed by atoms with Crippen molar-refractivity contribution >= 4 is 40.7 Å². The zero-order valence-corrected chi connectivity index (χ0v) is 20.4. The van der Waals surface area contributed by atoms with Gasteiger partial charge in [-0.3, -0.25) is 9.36 Å². The highest BCUT2D eigenvalue weighted by molar-refractivity contribution is 7.11. The van der Waals surface area contributed by atoms with Crippen LogP contribution in [0.25, 0.3) is 6.08 Å². The highest BCUT2D eigenvalue weighted by atomic mass is 32.1. The Hall–Kier alpha value is -3.50. The number of methoxy groups -OCH3 is 1. The number of hydrogen-bond acceptors (Lipinski definition) is 9. The van der Waals surface area contributed by atoms with Crippen LogP contribution in [0.5, 0.6) is 5.75 Å². The summed E-state index contributed by atoms with van der Waals surface area (Å²) in [6.07, 6.45) is 1.81. The molecule has 176 valence electrons. The maximum absolute atomic E-state index is 13.6. The predicted octanol–water partition coefficient (Wildman–Crippen LogP) is 2.41. The summed E-state index contributed by atoms with van der Waals surface area (Å²) in [7, 11) is 1.27. The minimum atomic E-state index is -0.838. The highest BCUT2D eigenvalue weighted by Gasteiger charge is 2.35. The second kappa shape index (κ2) is 10.2. The van der Waals surface area contributed by atoms with E-state index >= 15 is 0 Å². The number of carbonyl (C=O) groups excluding carboxylic acids is 2. The summed E-state index contributed by atoms with van der Waals surface area (Å²) in [6, 6.07) is 9.95. The number of thiazole rings is 1. The SMILES string of the molecule is CCOC(=O)C1=C(C)N=c2s/c(=C/c3cccs3)c(=O)n2C1c1ccccc1OCC(=O)OC. The first-order valence-electron chi connectivity index (χ1n) is 10.5. The van der Waals surface area contributed by atoms with E-state index in [2.05, 4.69) is 9.73 Å². The van der Waals surface area contributed by atoms with Gasteiger partial charge in [-0.25, -0.2) is 14.6 Å². The van der Waals surface area contributed by atoms with Crippen LogP contribution in [0, 0.1) is 0 Å². The molecule has 0 bridgehead atoms. The van der Waals surface area contributed by atoms with Crippen molar-refractivity contribution in [2.75, 3.05) is 20.3 Å². The molecule has 8 nitrogen and oxygen atoms in total. The molecule has 0 saturated heterocycles. The molecule has 0 amide bonds. The molecule has 1 aromatic carbocycles. The van der Waals surface area contributed by atoms with Gasteiger partial charge >= 0.3 is 11.9 Å². The lowest BCUT2D eigenvalue weighted by Crippen LogP contribution is -2.40. The average molecular weight is 499 g/mol. The molecule has 3 aromatic rings. The number of rotatable bonds is 7. The summed E-state index contributed by atoms with van der Waals surface area (Å²) >= 11 is 2.77. The van der Waals surface area contributed by atoms with E-state index in [1.807, 2.05) is 23.6 Å². The number of fused-ring (bicyclic) bond motifs is 1. The number of benzene rings is 1. The van der Waals surface area contributed by atoms with E-state index in [1.165, 1.54) is 34.4 Å². The lowest BCUT2D eigenvalue weighted by Gasteiger charge is -2.26. The van der Waals surface area contributed by atoms with Crippen LogP contribution in [-0.2, 0) is 19.1 Å². The van der Waals surface area contributed by atoms with Gasteiger partial charge < -0.3 is 14.2 Å². The van der Waals surface area contributed by atoms with Gasteiger partial charge in [-0.15, -0.1) is 11.3 Å². The third-order valence-electron chi connectivity index (χ3n) is 5.12. The van der Waals surface area contributed by atoms with Crippen molar-refractivity contribution in [3.8, 4) is 5.75 Å². The standard InChI is InChI=1S/C24H22N2O6S2/c1-4-31-23(29)20-14(2)25-24-26(22(28)18(34-24)12-15-8-7-11-33-15)21(20)16-9-5-6-10-17(16)32-13-19(27)30-3/h5-12,21H,4,13H2,1-3H3/b18-12+. The molecule has 0 radical (unpaired) electrons. The lowest BCUT2D eigenvalue weighted by atomic mass is 9.95. The molecular formula is C24H22N2O6S2. The van der Waals surface area contributed by atoms with Crippen molar-refractivity contribution in [3.05, 3.63) is 83.2 Å². The first-order valence-corrected chi connectivity index (χ1v) is 12.2. The van der Waals surface area contributed by atoms with Gasteiger partial charge in [-0.2, -0.15) is 0 Å². The van der Waals surface area contributed by atoms with Gasteiger partial charge in [0, 0.05) is 10.4 Å². The summed E-state index contributed by atoms with van der Waals surface area (Å²) in [4.78, 5) is 44.3. The predicted molar refractivity (Wildman–Crippen MR) is 129 cm³/mol. The number of esters is 2. The first kappa shape index (κ1) is 23.7. The van der Waals surface area contributed by atoms with E-state index < -0.39 is 18.0 Å². The van der Waals surface area contributed by atoms with Crippen LogP contribution < -0.4 is 19.6 Å². The number of aromatic nitrogens is 1. The fourth-order valence-corrected chi connectivity index (χ4v) is 5.39. The van der Waals surface area contributed by atoms with Crippen molar-refractivity contribution in [1.82, 2.24) is 4.57 Å². The third-order valence-corrected chi connectivity index (χ3v) is 6.92. The van der Waals surface area contributed by atoms with Crippen LogP contribution in [0.15, 0.2) is 62.8 Å². The Labute approximate surface area is 203 Å². The van der Waals surface area contributed by atoms with Gasteiger partial charge in [0.05, 0.1) is 29.5 Å². The number of thiophene rings is 1. The first-order chi connectivity index (χ1) is 16.4. The minimum Gasteiger partial charge on any atom is -0.482 e. The smallest absolute Gasteiger partial charge is 0.343 e. The normalized spacial score (nSPS) is 15.5. The molecule has 1 aliphatic heterocycles. The minimum absolute atomic E-state index is 0.172. The fraction of sp³-hybridized carbons (Fsp3) is 0.250. The van der Waals surface area contributed by atoms with Gasteiger partial charge in [0.2, 0.25) is 0 Å². The summed E-state index contributed by atoms with van der Waals surface area (Å²) in [5, 5.41) is 1.93. The van der Waals surface area contributed by atoms with Gasteiger partial charge in [0.1, 0.15) is 11.8 Å². The van der Waals surface area contributed by atoms with Crippen LogP contribution >= 0.6 is 22.7 Å². The zero-order valence-electron chi connectivity index (χ0n) is 18.8. The Morgan fingerprint density at radius 3 is 2.71 bits per heavy atom. The Bertz CT molecular complexity index is 1430. The molecule has 2 aromatic heterocycles. The Kier molecular flexibility index (Phi) is 7.09. The largest absolute Gasteiger partial charge is 0.482 e. The topological polar surface area (TPSA) is 96.2 Å². The Morgan fingerprint density at radius 1 is 1.21 bits per heavy atom. The van der Waals surface area contributed by atoms with E-state index in [-0.39, 0.29) is 24.3 Å². The molecule has 0 N–H and O–H groups in total. The third kappa shape index (κ3) is 4.59. The van der Waals surface area contributed by atoms with Crippen molar-refractivity contribution < 1.29 is 23.8 Å². The van der Waals surface area contributed by atoms with Crippen LogP contribution in [0.2, 0.25) is 0 Å². The molecular weight excluding hydrogens is 476 g/mol. The average Bonchev–Trinajstić information content (AvgIpc) is 3.45.